The van der Waals surface area contributed by atoms with Crippen molar-refractivity contribution >= 4 is 40.1 Å². The summed E-state index contributed by atoms with van der Waals surface area (Å²) < 4.78 is 5.72. The SMILES string of the molecule is CN[C@@H](C)C(=O)N[C@H](C(=O)N(C(=O)[C@@H]1CCCN1)c1cc2c(NCc3ccccc3)ncnc2cc1OC)C(C)(C)C. The molecule has 4 rings (SSSR count). The lowest BCUT2D eigenvalue weighted by Crippen LogP contribution is -2.60. The Morgan fingerprint density at radius 3 is 2.50 bits per heavy atom. The van der Waals surface area contributed by atoms with Crippen molar-refractivity contribution in [2.75, 3.05) is 30.9 Å². The predicted molar refractivity (Wildman–Crippen MR) is 163 cm³/mol. The van der Waals surface area contributed by atoms with E-state index in [-0.39, 0.29) is 11.6 Å². The number of nitrogens with one attached hydrogen (secondary N) is 4. The van der Waals surface area contributed by atoms with Crippen LogP contribution < -0.4 is 30.9 Å². The molecule has 42 heavy (non-hydrogen) atoms. The molecule has 2 aromatic carbocycles. The lowest BCUT2D eigenvalue weighted by molar-refractivity contribution is -0.134. The molecule has 1 aliphatic rings. The van der Waals surface area contributed by atoms with Crippen molar-refractivity contribution in [1.82, 2.24) is 25.9 Å². The van der Waals surface area contributed by atoms with Gasteiger partial charge in [-0.3, -0.25) is 14.4 Å². The molecule has 0 saturated carbocycles. The van der Waals surface area contributed by atoms with Crippen LogP contribution in [0, 0.1) is 5.41 Å². The van der Waals surface area contributed by atoms with E-state index in [1.54, 1.807) is 26.1 Å². The Balaban J connectivity index is 1.83. The quantitative estimate of drug-likeness (QED) is 0.287. The number of anilines is 2. The number of amides is 3. The summed E-state index contributed by atoms with van der Waals surface area (Å²) in [5.41, 5.74) is 1.20. The Labute approximate surface area is 246 Å². The molecule has 3 amide bonds. The monoisotopic (exact) mass is 575 g/mol. The van der Waals surface area contributed by atoms with Crippen molar-refractivity contribution in [3.63, 3.8) is 0 Å². The van der Waals surface area contributed by atoms with Crippen LogP contribution in [-0.2, 0) is 20.9 Å². The standard InChI is InChI=1S/C31H41N7O4/c1-19(32-5)28(39)37-26(31(2,3)4)30(41)38(29(40)22-13-10-14-33-22)24-15-21-23(16-25(24)42-6)35-18-36-27(21)34-17-20-11-8-7-9-12-20/h7-9,11-12,15-16,18-19,22,26,32-33H,10,13-14,17H2,1-6H3,(H,37,39)(H,34,35,36)/t19-,22-,26+/m0/s1. The van der Waals surface area contributed by atoms with Crippen molar-refractivity contribution < 1.29 is 19.1 Å². The molecule has 1 fully saturated rings. The number of hydrogen-bond donors (Lipinski definition) is 4. The van der Waals surface area contributed by atoms with Crippen LogP contribution in [0.5, 0.6) is 5.75 Å². The number of benzene rings is 2. The summed E-state index contributed by atoms with van der Waals surface area (Å²) in [5.74, 6) is -0.446. The van der Waals surface area contributed by atoms with E-state index in [2.05, 4.69) is 31.2 Å². The maximum atomic E-state index is 14.5. The number of methoxy groups -OCH3 is 1. The lowest BCUT2D eigenvalue weighted by Gasteiger charge is -2.36. The minimum Gasteiger partial charge on any atom is -0.494 e. The van der Waals surface area contributed by atoms with E-state index in [9.17, 15) is 14.4 Å². The molecule has 11 nitrogen and oxygen atoms in total. The first-order valence-electron chi connectivity index (χ1n) is 14.2. The van der Waals surface area contributed by atoms with Crippen molar-refractivity contribution in [1.29, 1.82) is 0 Å². The Kier molecular flexibility index (Phi) is 9.74. The number of ether oxygens (including phenoxy) is 1. The minimum atomic E-state index is -1.01. The number of hydrogen-bond acceptors (Lipinski definition) is 9. The van der Waals surface area contributed by atoms with Gasteiger partial charge in [-0.2, -0.15) is 0 Å². The molecule has 1 aromatic heterocycles. The maximum absolute atomic E-state index is 14.5. The fraction of sp³-hybridized carbons (Fsp3) is 0.452. The number of nitrogens with zero attached hydrogens (tertiary/aromatic N) is 3. The zero-order valence-electron chi connectivity index (χ0n) is 25.2. The third-order valence-corrected chi connectivity index (χ3v) is 7.50. The van der Waals surface area contributed by atoms with Gasteiger partial charge in [-0.25, -0.2) is 14.9 Å². The normalized spacial score (nSPS) is 16.5. The van der Waals surface area contributed by atoms with E-state index in [1.165, 1.54) is 13.4 Å². The van der Waals surface area contributed by atoms with Gasteiger partial charge >= 0.3 is 0 Å². The number of likely N-dealkylation sites (N-methyl/N-ethyl adjacent to an activating group) is 1. The summed E-state index contributed by atoms with van der Waals surface area (Å²) in [6.45, 7) is 8.47. The van der Waals surface area contributed by atoms with E-state index in [4.69, 9.17) is 4.74 Å². The summed E-state index contributed by atoms with van der Waals surface area (Å²) in [4.78, 5) is 51.6. The highest BCUT2D eigenvalue weighted by Gasteiger charge is 2.42. The van der Waals surface area contributed by atoms with Crippen LogP contribution in [0.15, 0.2) is 48.8 Å². The van der Waals surface area contributed by atoms with Crippen LogP contribution in [-0.4, -0.2) is 66.5 Å². The van der Waals surface area contributed by atoms with E-state index in [1.807, 2.05) is 51.1 Å². The van der Waals surface area contributed by atoms with Gasteiger partial charge in [0.05, 0.1) is 30.4 Å². The van der Waals surface area contributed by atoms with Gasteiger partial charge in [0.2, 0.25) is 5.91 Å². The van der Waals surface area contributed by atoms with Crippen LogP contribution >= 0.6 is 0 Å². The molecule has 11 heteroatoms. The van der Waals surface area contributed by atoms with E-state index >= 15 is 0 Å². The molecule has 3 aromatic rings. The van der Waals surface area contributed by atoms with Crippen molar-refractivity contribution in [3.8, 4) is 5.75 Å². The highest BCUT2D eigenvalue weighted by molar-refractivity contribution is 6.20. The van der Waals surface area contributed by atoms with E-state index in [0.717, 1.165) is 16.9 Å². The number of rotatable bonds is 10. The minimum absolute atomic E-state index is 0.261. The topological polar surface area (TPSA) is 138 Å². The lowest BCUT2D eigenvalue weighted by atomic mass is 9.85. The van der Waals surface area contributed by atoms with Gasteiger partial charge in [0.1, 0.15) is 23.9 Å². The van der Waals surface area contributed by atoms with Crippen molar-refractivity contribution in [2.24, 2.45) is 5.41 Å². The molecule has 0 unspecified atom stereocenters. The van der Waals surface area contributed by atoms with Gasteiger partial charge < -0.3 is 26.0 Å². The first-order valence-corrected chi connectivity index (χ1v) is 14.2. The fourth-order valence-corrected chi connectivity index (χ4v) is 4.91. The van der Waals surface area contributed by atoms with Gasteiger partial charge in [-0.05, 0) is 50.4 Å². The summed E-state index contributed by atoms with van der Waals surface area (Å²) >= 11 is 0. The molecule has 0 aliphatic carbocycles. The predicted octanol–water partition coefficient (Wildman–Crippen LogP) is 3.00. The Bertz CT molecular complexity index is 1420. The Morgan fingerprint density at radius 1 is 1.14 bits per heavy atom. The van der Waals surface area contributed by atoms with Gasteiger partial charge in [-0.1, -0.05) is 51.1 Å². The molecule has 1 aliphatic heterocycles. The van der Waals surface area contributed by atoms with Crippen molar-refractivity contribution in [2.45, 2.75) is 65.2 Å². The molecule has 2 heterocycles. The summed E-state index contributed by atoms with van der Waals surface area (Å²) in [6.07, 6.45) is 2.86. The highest BCUT2D eigenvalue weighted by Crippen LogP contribution is 2.37. The molecule has 224 valence electrons. The zero-order chi connectivity index (χ0) is 30.4. The summed E-state index contributed by atoms with van der Waals surface area (Å²) in [6, 6.07) is 11.2. The van der Waals surface area contributed by atoms with Crippen LogP contribution in [0.3, 0.4) is 0 Å². The molecule has 0 bridgehead atoms. The van der Waals surface area contributed by atoms with Crippen LogP contribution in [0.25, 0.3) is 10.9 Å². The van der Waals surface area contributed by atoms with Gasteiger partial charge in [0, 0.05) is 18.0 Å². The zero-order valence-corrected chi connectivity index (χ0v) is 25.2. The fourth-order valence-electron chi connectivity index (χ4n) is 4.91. The molecule has 3 atom stereocenters. The molecular formula is C31H41N7O4. The van der Waals surface area contributed by atoms with Gasteiger partial charge in [0.25, 0.3) is 11.8 Å². The first-order chi connectivity index (χ1) is 20.0. The second-order valence-electron chi connectivity index (χ2n) is 11.6. The number of carbonyl (C=O) groups excluding carboxylic acids is 3. The number of imide groups is 1. The third kappa shape index (κ3) is 6.85. The van der Waals surface area contributed by atoms with Crippen LogP contribution in [0.1, 0.15) is 46.1 Å². The molecular weight excluding hydrogens is 534 g/mol. The van der Waals surface area contributed by atoms with Gasteiger partial charge in [-0.15, -0.1) is 0 Å². The van der Waals surface area contributed by atoms with Gasteiger partial charge in [0.15, 0.2) is 0 Å². The second kappa shape index (κ2) is 13.3. The smallest absolute Gasteiger partial charge is 0.257 e. The molecule has 4 N–H and O–H groups in total. The van der Waals surface area contributed by atoms with Crippen molar-refractivity contribution in [3.05, 3.63) is 54.4 Å². The average Bonchev–Trinajstić information content (AvgIpc) is 3.53. The average molecular weight is 576 g/mol. The molecule has 1 saturated heterocycles. The van der Waals surface area contributed by atoms with E-state index < -0.39 is 35.4 Å². The van der Waals surface area contributed by atoms with E-state index in [0.29, 0.717) is 42.0 Å². The first kappa shape index (κ1) is 30.9. The molecule has 0 spiro atoms. The molecule has 0 radical (unpaired) electrons. The highest BCUT2D eigenvalue weighted by atomic mass is 16.5. The summed E-state index contributed by atoms with van der Waals surface area (Å²) in [7, 11) is 3.16. The number of carbonyl (C=O) groups is 3. The second-order valence-corrected chi connectivity index (χ2v) is 11.6. The number of aromatic nitrogens is 2. The third-order valence-electron chi connectivity index (χ3n) is 7.50. The number of fused-ring (bicyclic) bond motifs is 1. The Hall–Kier alpha value is -4.09. The largest absolute Gasteiger partial charge is 0.494 e. The summed E-state index contributed by atoms with van der Waals surface area (Å²) in [5, 5.41) is 13.0. The maximum Gasteiger partial charge on any atom is 0.257 e. The Morgan fingerprint density at radius 2 is 1.88 bits per heavy atom. The van der Waals surface area contributed by atoms with Crippen LogP contribution in [0.2, 0.25) is 0 Å². The van der Waals surface area contributed by atoms with Crippen LogP contribution in [0.4, 0.5) is 11.5 Å².